The highest BCUT2D eigenvalue weighted by Crippen LogP contribution is 2.21. The molecule has 1 unspecified atom stereocenters. The van der Waals surface area contributed by atoms with Crippen molar-refractivity contribution in [2.45, 2.75) is 18.9 Å². The largest absolute Gasteiger partial charge is 0.341 e. The van der Waals surface area contributed by atoms with E-state index in [1.54, 1.807) is 6.08 Å². The van der Waals surface area contributed by atoms with Gasteiger partial charge in [0.25, 0.3) is 0 Å². The zero-order valence-electron chi connectivity index (χ0n) is 12.7. The van der Waals surface area contributed by atoms with Crippen molar-refractivity contribution in [1.82, 2.24) is 5.32 Å². The molecule has 1 heterocycles. The van der Waals surface area contributed by atoms with Gasteiger partial charge in [-0.25, -0.2) is 0 Å². The van der Waals surface area contributed by atoms with Crippen LogP contribution in [0.4, 0.5) is 5.69 Å². The summed E-state index contributed by atoms with van der Waals surface area (Å²) in [5, 5.41) is 5.65. The van der Waals surface area contributed by atoms with E-state index in [2.05, 4.69) is 10.6 Å². The minimum atomic E-state index is -0.518. The quantitative estimate of drug-likeness (QED) is 0.857. The van der Waals surface area contributed by atoms with Crippen molar-refractivity contribution in [1.29, 1.82) is 0 Å². The molecule has 0 radical (unpaired) electrons. The molecule has 2 aromatic carbocycles. The second-order valence-electron chi connectivity index (χ2n) is 5.49. The Hall–Kier alpha value is -2.88. The molecule has 116 valence electrons. The summed E-state index contributed by atoms with van der Waals surface area (Å²) in [6.45, 7) is 0. The Labute approximate surface area is 135 Å². The molecular formula is C19H18N2O2. The summed E-state index contributed by atoms with van der Waals surface area (Å²) in [5.41, 5.74) is 2.87. The number of rotatable bonds is 3. The van der Waals surface area contributed by atoms with Crippen LogP contribution in [0, 0.1) is 0 Å². The summed E-state index contributed by atoms with van der Waals surface area (Å²) in [6, 6.07) is 16.8. The standard InChI is InChI=1S/C19H18N2O2/c22-18(13-10-14-6-2-1-3-7-14)20-17-12-11-15-8-4-5-9-16(15)21-19(17)23/h1-10,13,17H,11-12H2,(H,20,22)(H,21,23). The number of carbonyl (C=O) groups is 2. The molecule has 0 bridgehead atoms. The number of anilines is 1. The average Bonchev–Trinajstić information content (AvgIpc) is 2.73. The van der Waals surface area contributed by atoms with Crippen molar-refractivity contribution in [2.24, 2.45) is 0 Å². The first-order valence-electron chi connectivity index (χ1n) is 7.65. The predicted molar refractivity (Wildman–Crippen MR) is 90.8 cm³/mol. The van der Waals surface area contributed by atoms with Crippen LogP contribution >= 0.6 is 0 Å². The average molecular weight is 306 g/mol. The van der Waals surface area contributed by atoms with Crippen LogP contribution in [0.5, 0.6) is 0 Å². The van der Waals surface area contributed by atoms with Gasteiger partial charge in [0.05, 0.1) is 0 Å². The van der Waals surface area contributed by atoms with Gasteiger partial charge in [-0.1, -0.05) is 48.5 Å². The zero-order chi connectivity index (χ0) is 16.1. The summed E-state index contributed by atoms with van der Waals surface area (Å²) in [5.74, 6) is -0.434. The lowest BCUT2D eigenvalue weighted by atomic mass is 10.1. The first kappa shape index (κ1) is 15.0. The summed E-state index contributed by atoms with van der Waals surface area (Å²) >= 11 is 0. The maximum atomic E-state index is 12.2. The van der Waals surface area contributed by atoms with Crippen molar-refractivity contribution in [3.05, 3.63) is 71.8 Å². The second-order valence-corrected chi connectivity index (χ2v) is 5.49. The van der Waals surface area contributed by atoms with E-state index in [4.69, 9.17) is 0 Å². The number of amides is 2. The van der Waals surface area contributed by atoms with Gasteiger partial charge in [0.2, 0.25) is 11.8 Å². The molecule has 2 amide bonds. The van der Waals surface area contributed by atoms with Crippen molar-refractivity contribution >= 4 is 23.6 Å². The smallest absolute Gasteiger partial charge is 0.246 e. The van der Waals surface area contributed by atoms with Gasteiger partial charge in [-0.2, -0.15) is 0 Å². The van der Waals surface area contributed by atoms with Gasteiger partial charge in [-0.3, -0.25) is 9.59 Å². The molecule has 2 N–H and O–H groups in total. The Morgan fingerprint density at radius 2 is 1.83 bits per heavy atom. The Bertz CT molecular complexity index is 738. The lowest BCUT2D eigenvalue weighted by Crippen LogP contribution is -2.42. The zero-order valence-corrected chi connectivity index (χ0v) is 12.7. The van der Waals surface area contributed by atoms with Gasteiger partial charge in [0.1, 0.15) is 6.04 Å². The fourth-order valence-electron chi connectivity index (χ4n) is 2.60. The van der Waals surface area contributed by atoms with Crippen LogP contribution in [0.1, 0.15) is 17.5 Å². The molecule has 23 heavy (non-hydrogen) atoms. The molecule has 4 heteroatoms. The van der Waals surface area contributed by atoms with Crippen LogP contribution in [0.3, 0.4) is 0 Å². The fourth-order valence-corrected chi connectivity index (χ4v) is 2.60. The fraction of sp³-hybridized carbons (Fsp3) is 0.158. The highest BCUT2D eigenvalue weighted by atomic mass is 16.2. The van der Waals surface area contributed by atoms with Gasteiger partial charge < -0.3 is 10.6 Å². The van der Waals surface area contributed by atoms with Crippen LogP contribution in [0.2, 0.25) is 0 Å². The number of fused-ring (bicyclic) bond motifs is 1. The molecule has 0 aromatic heterocycles. The molecule has 0 saturated heterocycles. The van der Waals surface area contributed by atoms with E-state index < -0.39 is 6.04 Å². The lowest BCUT2D eigenvalue weighted by Gasteiger charge is -2.13. The molecule has 1 aliphatic heterocycles. The normalized spacial score (nSPS) is 17.2. The molecule has 4 nitrogen and oxygen atoms in total. The van der Waals surface area contributed by atoms with Gasteiger partial charge in [0, 0.05) is 11.8 Å². The first-order chi connectivity index (χ1) is 11.2. The minimum Gasteiger partial charge on any atom is -0.341 e. The van der Waals surface area contributed by atoms with E-state index in [1.807, 2.05) is 54.6 Å². The molecular weight excluding hydrogens is 288 g/mol. The molecule has 3 rings (SSSR count). The van der Waals surface area contributed by atoms with E-state index in [0.29, 0.717) is 6.42 Å². The predicted octanol–water partition coefficient (Wildman–Crippen LogP) is 2.77. The molecule has 1 aliphatic rings. The van der Waals surface area contributed by atoms with E-state index in [-0.39, 0.29) is 11.8 Å². The van der Waals surface area contributed by atoms with Crippen LogP contribution in [0.25, 0.3) is 6.08 Å². The van der Waals surface area contributed by atoms with Crippen molar-refractivity contribution < 1.29 is 9.59 Å². The molecule has 0 fully saturated rings. The summed E-state index contributed by atoms with van der Waals surface area (Å²) < 4.78 is 0. The number of nitrogens with one attached hydrogen (secondary N) is 2. The summed E-state index contributed by atoms with van der Waals surface area (Å²) in [7, 11) is 0. The van der Waals surface area contributed by atoms with E-state index in [1.165, 1.54) is 6.08 Å². The minimum absolute atomic E-state index is 0.170. The van der Waals surface area contributed by atoms with Crippen molar-refractivity contribution in [2.75, 3.05) is 5.32 Å². The molecule has 0 saturated carbocycles. The third-order valence-electron chi connectivity index (χ3n) is 3.84. The van der Waals surface area contributed by atoms with Crippen molar-refractivity contribution in [3.8, 4) is 0 Å². The van der Waals surface area contributed by atoms with Gasteiger partial charge >= 0.3 is 0 Å². The van der Waals surface area contributed by atoms with Crippen LogP contribution in [-0.2, 0) is 16.0 Å². The maximum absolute atomic E-state index is 12.2. The van der Waals surface area contributed by atoms with E-state index in [0.717, 1.165) is 23.2 Å². The van der Waals surface area contributed by atoms with Gasteiger partial charge in [0.15, 0.2) is 0 Å². The van der Waals surface area contributed by atoms with Crippen LogP contribution < -0.4 is 10.6 Å². The van der Waals surface area contributed by atoms with Crippen LogP contribution in [-0.4, -0.2) is 17.9 Å². The number of hydrogen-bond acceptors (Lipinski definition) is 2. The molecule has 1 atom stereocenters. The van der Waals surface area contributed by atoms with Gasteiger partial charge in [-0.05, 0) is 36.1 Å². The first-order valence-corrected chi connectivity index (χ1v) is 7.65. The molecule has 2 aromatic rings. The SMILES string of the molecule is O=C(C=Cc1ccccc1)NC1CCc2ccccc2NC1=O. The number of aryl methyl sites for hydroxylation is 1. The topological polar surface area (TPSA) is 58.2 Å². The molecule has 0 spiro atoms. The number of carbonyl (C=O) groups excluding carboxylic acids is 2. The van der Waals surface area contributed by atoms with Gasteiger partial charge in [-0.15, -0.1) is 0 Å². The van der Waals surface area contributed by atoms with Crippen LogP contribution in [0.15, 0.2) is 60.7 Å². The van der Waals surface area contributed by atoms with Crippen molar-refractivity contribution in [3.63, 3.8) is 0 Å². The van der Waals surface area contributed by atoms with E-state index >= 15 is 0 Å². The number of benzene rings is 2. The Morgan fingerprint density at radius 1 is 1.09 bits per heavy atom. The molecule has 0 aliphatic carbocycles. The Kier molecular flexibility index (Phi) is 4.52. The van der Waals surface area contributed by atoms with E-state index in [9.17, 15) is 9.59 Å². The highest BCUT2D eigenvalue weighted by molar-refractivity contribution is 6.00. The third-order valence-corrected chi connectivity index (χ3v) is 3.84. The summed E-state index contributed by atoms with van der Waals surface area (Å²) in [4.78, 5) is 24.3. The Morgan fingerprint density at radius 3 is 2.65 bits per heavy atom. The Balaban J connectivity index is 1.63. The summed E-state index contributed by atoms with van der Waals surface area (Å²) in [6.07, 6.45) is 4.54. The lowest BCUT2D eigenvalue weighted by molar-refractivity contribution is -0.123. The maximum Gasteiger partial charge on any atom is 0.246 e. The highest BCUT2D eigenvalue weighted by Gasteiger charge is 2.24. The third kappa shape index (κ3) is 3.86. The monoisotopic (exact) mass is 306 g/mol. The number of hydrogen-bond donors (Lipinski definition) is 2. The second kappa shape index (κ2) is 6.92. The number of para-hydroxylation sites is 1.